The number of rotatable bonds is 2. The van der Waals surface area contributed by atoms with E-state index in [4.69, 9.17) is 5.73 Å². The van der Waals surface area contributed by atoms with Crippen LogP contribution >= 0.6 is 0 Å². The Morgan fingerprint density at radius 2 is 2.09 bits per heavy atom. The zero-order valence-electron chi connectivity index (χ0n) is 7.34. The van der Waals surface area contributed by atoms with E-state index >= 15 is 0 Å². The maximum atomic E-state index is 11.4. The van der Waals surface area contributed by atoms with E-state index in [0.717, 1.165) is 19.3 Å². The lowest BCUT2D eigenvalue weighted by Crippen LogP contribution is -2.20. The molecule has 0 aromatic carbocycles. The zero-order chi connectivity index (χ0) is 8.43. The highest BCUT2D eigenvalue weighted by Gasteiger charge is 2.28. The lowest BCUT2D eigenvalue weighted by molar-refractivity contribution is -0.125. The van der Waals surface area contributed by atoms with Gasteiger partial charge in [-0.2, -0.15) is 0 Å². The highest BCUT2D eigenvalue weighted by atomic mass is 16.1. The summed E-state index contributed by atoms with van der Waals surface area (Å²) in [5.41, 5.74) is 5.71. The molecular weight excluding hydrogens is 138 g/mol. The van der Waals surface area contributed by atoms with Gasteiger partial charge in [-0.25, -0.2) is 0 Å². The number of hydrogen-bond acceptors (Lipinski definition) is 2. The van der Waals surface area contributed by atoms with Crippen molar-refractivity contribution in [3.8, 4) is 0 Å². The summed E-state index contributed by atoms with van der Waals surface area (Å²) in [5, 5.41) is 0. The third-order valence-corrected chi connectivity index (χ3v) is 2.44. The average molecular weight is 155 g/mol. The van der Waals surface area contributed by atoms with Crippen LogP contribution in [-0.4, -0.2) is 11.8 Å². The van der Waals surface area contributed by atoms with E-state index < -0.39 is 0 Å². The van der Waals surface area contributed by atoms with Gasteiger partial charge in [-0.1, -0.05) is 13.8 Å². The van der Waals surface area contributed by atoms with Gasteiger partial charge in [0.05, 0.1) is 0 Å². The van der Waals surface area contributed by atoms with Crippen molar-refractivity contribution in [2.75, 3.05) is 0 Å². The monoisotopic (exact) mass is 155 g/mol. The number of Topliss-reactive ketones (excluding diaryl/α,β-unsaturated/α-hetero) is 1. The molecule has 2 heteroatoms. The van der Waals surface area contributed by atoms with E-state index in [1.54, 1.807) is 0 Å². The molecule has 0 heterocycles. The molecule has 1 aliphatic carbocycles. The van der Waals surface area contributed by atoms with Crippen molar-refractivity contribution in [3.05, 3.63) is 0 Å². The summed E-state index contributed by atoms with van der Waals surface area (Å²) in [5.74, 6) is 0.855. The zero-order valence-corrected chi connectivity index (χ0v) is 7.34. The van der Waals surface area contributed by atoms with Crippen LogP contribution in [0.3, 0.4) is 0 Å². The molecule has 0 aromatic rings. The van der Waals surface area contributed by atoms with E-state index in [1.807, 2.05) is 13.8 Å². The minimum absolute atomic E-state index is 0.185. The third-order valence-electron chi connectivity index (χ3n) is 2.44. The van der Waals surface area contributed by atoms with Crippen molar-refractivity contribution in [1.29, 1.82) is 0 Å². The largest absolute Gasteiger partial charge is 0.328 e. The normalized spacial score (nSPS) is 31.3. The lowest BCUT2D eigenvalue weighted by atomic mass is 9.94. The van der Waals surface area contributed by atoms with Gasteiger partial charge in [0, 0.05) is 17.9 Å². The van der Waals surface area contributed by atoms with Crippen molar-refractivity contribution < 1.29 is 4.79 Å². The van der Waals surface area contributed by atoms with Crippen molar-refractivity contribution in [2.24, 2.45) is 17.6 Å². The van der Waals surface area contributed by atoms with Crippen molar-refractivity contribution in [1.82, 2.24) is 0 Å². The van der Waals surface area contributed by atoms with Gasteiger partial charge in [0.25, 0.3) is 0 Å². The molecule has 0 unspecified atom stereocenters. The second-order valence-corrected chi connectivity index (χ2v) is 3.83. The maximum Gasteiger partial charge on any atom is 0.138 e. The molecule has 0 amide bonds. The van der Waals surface area contributed by atoms with Gasteiger partial charge in [0.1, 0.15) is 5.78 Å². The topological polar surface area (TPSA) is 43.1 Å². The number of hydrogen-bond donors (Lipinski definition) is 1. The number of carbonyl (C=O) groups excluding carboxylic acids is 1. The lowest BCUT2D eigenvalue weighted by Gasteiger charge is -2.10. The fraction of sp³-hybridized carbons (Fsp3) is 0.889. The molecule has 64 valence electrons. The molecule has 0 spiro atoms. The van der Waals surface area contributed by atoms with E-state index in [2.05, 4.69) is 0 Å². The van der Waals surface area contributed by atoms with Crippen LogP contribution in [0.5, 0.6) is 0 Å². The Hall–Kier alpha value is -0.370. The second-order valence-electron chi connectivity index (χ2n) is 3.83. The van der Waals surface area contributed by atoms with Crippen molar-refractivity contribution in [3.63, 3.8) is 0 Å². The summed E-state index contributed by atoms with van der Waals surface area (Å²) in [4.78, 5) is 11.4. The minimum atomic E-state index is 0.185. The highest BCUT2D eigenvalue weighted by molar-refractivity contribution is 5.83. The second kappa shape index (κ2) is 3.35. The number of nitrogens with two attached hydrogens (primary N) is 1. The van der Waals surface area contributed by atoms with Crippen LogP contribution in [0.2, 0.25) is 0 Å². The van der Waals surface area contributed by atoms with Gasteiger partial charge < -0.3 is 5.73 Å². The molecule has 0 aliphatic heterocycles. The SMILES string of the molecule is CC(C)C(=O)[C@@H]1CC[C@@H](N)C1. The van der Waals surface area contributed by atoms with Crippen LogP contribution in [0.15, 0.2) is 0 Å². The molecule has 2 nitrogen and oxygen atoms in total. The average Bonchev–Trinajstić information content (AvgIpc) is 2.34. The van der Waals surface area contributed by atoms with Crippen LogP contribution < -0.4 is 5.73 Å². The Kier molecular flexibility index (Phi) is 2.66. The molecule has 0 bridgehead atoms. The summed E-state index contributed by atoms with van der Waals surface area (Å²) in [6, 6.07) is 0.280. The number of ketones is 1. The first-order chi connectivity index (χ1) is 5.11. The quantitative estimate of drug-likeness (QED) is 0.654. The Labute approximate surface area is 68.2 Å². The standard InChI is InChI=1S/C9H17NO/c1-6(2)9(11)7-3-4-8(10)5-7/h6-8H,3-5,10H2,1-2H3/t7-,8-/m1/s1. The fourth-order valence-electron chi connectivity index (χ4n) is 1.75. The van der Waals surface area contributed by atoms with E-state index in [9.17, 15) is 4.79 Å². The molecule has 0 radical (unpaired) electrons. The van der Waals surface area contributed by atoms with E-state index in [1.165, 1.54) is 0 Å². The summed E-state index contributed by atoms with van der Waals surface area (Å²) < 4.78 is 0. The van der Waals surface area contributed by atoms with Gasteiger partial charge in [0.2, 0.25) is 0 Å². The molecule has 1 rings (SSSR count). The maximum absolute atomic E-state index is 11.4. The summed E-state index contributed by atoms with van der Waals surface area (Å²) in [6.07, 6.45) is 2.96. The molecule has 11 heavy (non-hydrogen) atoms. The Morgan fingerprint density at radius 3 is 2.45 bits per heavy atom. The summed E-state index contributed by atoms with van der Waals surface area (Å²) >= 11 is 0. The van der Waals surface area contributed by atoms with Crippen LogP contribution in [0.4, 0.5) is 0 Å². The van der Waals surface area contributed by atoms with Gasteiger partial charge >= 0.3 is 0 Å². The molecular formula is C9H17NO. The van der Waals surface area contributed by atoms with Gasteiger partial charge in [-0.15, -0.1) is 0 Å². The van der Waals surface area contributed by atoms with Crippen molar-refractivity contribution in [2.45, 2.75) is 39.2 Å². The summed E-state index contributed by atoms with van der Waals surface area (Å²) in [7, 11) is 0. The first kappa shape index (κ1) is 8.72. The smallest absolute Gasteiger partial charge is 0.138 e. The molecule has 1 fully saturated rings. The first-order valence-corrected chi connectivity index (χ1v) is 4.40. The Balaban J connectivity index is 2.43. The van der Waals surface area contributed by atoms with Gasteiger partial charge in [-0.05, 0) is 19.3 Å². The van der Waals surface area contributed by atoms with Crippen LogP contribution in [0.1, 0.15) is 33.1 Å². The Bertz CT molecular complexity index is 154. The van der Waals surface area contributed by atoms with E-state index in [-0.39, 0.29) is 17.9 Å². The molecule has 2 N–H and O–H groups in total. The third kappa shape index (κ3) is 2.03. The number of carbonyl (C=O) groups is 1. The van der Waals surface area contributed by atoms with E-state index in [0.29, 0.717) is 5.78 Å². The summed E-state index contributed by atoms with van der Waals surface area (Å²) in [6.45, 7) is 3.93. The highest BCUT2D eigenvalue weighted by Crippen LogP contribution is 2.26. The van der Waals surface area contributed by atoms with Crippen molar-refractivity contribution >= 4 is 5.78 Å². The first-order valence-electron chi connectivity index (χ1n) is 4.40. The predicted molar refractivity (Wildman–Crippen MR) is 45.2 cm³/mol. The Morgan fingerprint density at radius 1 is 1.45 bits per heavy atom. The van der Waals surface area contributed by atoms with Crippen LogP contribution in [0, 0.1) is 11.8 Å². The van der Waals surface area contributed by atoms with Crippen LogP contribution in [-0.2, 0) is 4.79 Å². The molecule has 0 aromatic heterocycles. The fourth-order valence-corrected chi connectivity index (χ4v) is 1.75. The van der Waals surface area contributed by atoms with Crippen LogP contribution in [0.25, 0.3) is 0 Å². The molecule has 1 saturated carbocycles. The molecule has 1 aliphatic rings. The van der Waals surface area contributed by atoms with Gasteiger partial charge in [-0.3, -0.25) is 4.79 Å². The predicted octanol–water partition coefficient (Wildman–Crippen LogP) is 1.34. The van der Waals surface area contributed by atoms with Gasteiger partial charge in [0.15, 0.2) is 0 Å². The molecule has 2 atom stereocenters. The molecule has 0 saturated heterocycles. The minimum Gasteiger partial charge on any atom is -0.328 e.